The molecular weight excluding hydrogens is 434 g/mol. The Hall–Kier alpha value is -4.40. The van der Waals surface area contributed by atoms with Gasteiger partial charge in [0.25, 0.3) is 0 Å². The van der Waals surface area contributed by atoms with Crippen LogP contribution in [0.2, 0.25) is 0 Å². The number of benzene rings is 2. The van der Waals surface area contributed by atoms with Crippen molar-refractivity contribution in [2.45, 2.75) is 25.9 Å². The van der Waals surface area contributed by atoms with Crippen LogP contribution in [0.1, 0.15) is 27.9 Å². The van der Waals surface area contributed by atoms with Gasteiger partial charge in [0, 0.05) is 48.1 Å². The van der Waals surface area contributed by atoms with Gasteiger partial charge in [0.1, 0.15) is 6.54 Å². The summed E-state index contributed by atoms with van der Waals surface area (Å²) in [5, 5.41) is 10.8. The number of nitrogens with zero attached hydrogens (tertiary/aromatic N) is 2. The summed E-state index contributed by atoms with van der Waals surface area (Å²) in [6, 6.07) is 14.6. The molecule has 2 aromatic carbocycles. The van der Waals surface area contributed by atoms with Crippen LogP contribution in [-0.2, 0) is 33.8 Å². The summed E-state index contributed by atoms with van der Waals surface area (Å²) in [5.74, 6) is -0.937. The molecule has 3 N–H and O–H groups in total. The van der Waals surface area contributed by atoms with Gasteiger partial charge in [0.2, 0.25) is 11.8 Å². The molecule has 9 heteroatoms. The molecule has 0 spiro atoms. The number of aryl methyl sites for hydroxylation is 1. The molecule has 0 unspecified atom stereocenters. The number of H-pyrrole nitrogens is 1. The van der Waals surface area contributed by atoms with E-state index in [-0.39, 0.29) is 30.5 Å². The lowest BCUT2D eigenvalue weighted by atomic mass is 10.1. The first-order valence-electron chi connectivity index (χ1n) is 10.8. The maximum Gasteiger partial charge on any atom is 0.337 e. The smallest absolute Gasteiger partial charge is 0.337 e. The second kappa shape index (κ2) is 10.5. The van der Waals surface area contributed by atoms with Crippen LogP contribution >= 0.6 is 0 Å². The predicted molar refractivity (Wildman–Crippen MR) is 127 cm³/mol. The van der Waals surface area contributed by atoms with Crippen molar-refractivity contribution in [3.05, 3.63) is 83.8 Å². The van der Waals surface area contributed by atoms with Crippen LogP contribution < -0.4 is 10.6 Å². The third-order valence-corrected chi connectivity index (χ3v) is 5.35. The van der Waals surface area contributed by atoms with E-state index >= 15 is 0 Å². The molecule has 9 nitrogen and oxygen atoms in total. The van der Waals surface area contributed by atoms with Crippen molar-refractivity contribution in [1.29, 1.82) is 0 Å². The number of hydrogen-bond donors (Lipinski definition) is 3. The Morgan fingerprint density at radius 1 is 1.09 bits per heavy atom. The molecule has 0 atom stereocenters. The number of nitrogens with one attached hydrogen (secondary N) is 3. The van der Waals surface area contributed by atoms with Crippen LogP contribution in [0.3, 0.4) is 0 Å². The largest absolute Gasteiger partial charge is 0.465 e. The van der Waals surface area contributed by atoms with E-state index < -0.39 is 5.97 Å². The number of aromatic amines is 1. The third kappa shape index (κ3) is 5.69. The number of esters is 1. The van der Waals surface area contributed by atoms with Gasteiger partial charge in [-0.15, -0.1) is 0 Å². The Kier molecular flexibility index (Phi) is 7.02. The van der Waals surface area contributed by atoms with Crippen molar-refractivity contribution in [3.63, 3.8) is 0 Å². The Labute approximate surface area is 196 Å². The second-order valence-corrected chi connectivity index (χ2v) is 7.80. The standard InChI is InChI=1S/C25H25N5O4/c1-34-25(33)19-11-17(12-20(13-19)29-24(32)16-30-10-4-9-28-30)14-27-23(31)8-7-18-15-26-22-6-3-2-5-21(18)22/h2-6,9-13,15,26H,7-8,14,16H2,1H3,(H,27,31)(H,29,32). The van der Waals surface area contributed by atoms with E-state index in [0.29, 0.717) is 24.1 Å². The quantitative estimate of drug-likeness (QED) is 0.333. The molecule has 2 amide bonds. The average Bonchev–Trinajstić information content (AvgIpc) is 3.50. The molecule has 0 aliphatic heterocycles. The SMILES string of the molecule is COC(=O)c1cc(CNC(=O)CCc2c[nH]c3ccccc23)cc(NC(=O)Cn2cccn2)c1. The van der Waals surface area contributed by atoms with Gasteiger partial charge in [0.05, 0.1) is 12.7 Å². The highest BCUT2D eigenvalue weighted by molar-refractivity contribution is 5.94. The minimum atomic E-state index is -0.532. The van der Waals surface area contributed by atoms with Gasteiger partial charge < -0.3 is 20.4 Å². The van der Waals surface area contributed by atoms with E-state index in [9.17, 15) is 14.4 Å². The summed E-state index contributed by atoms with van der Waals surface area (Å²) in [6.45, 7) is 0.245. The van der Waals surface area contributed by atoms with Crippen LogP contribution in [0, 0.1) is 0 Å². The summed E-state index contributed by atoms with van der Waals surface area (Å²) in [7, 11) is 1.29. The van der Waals surface area contributed by atoms with Crippen molar-refractivity contribution in [3.8, 4) is 0 Å². The zero-order chi connectivity index (χ0) is 23.9. The molecule has 174 valence electrons. The fraction of sp³-hybridized carbons (Fsp3) is 0.200. The average molecular weight is 460 g/mol. The number of carbonyl (C=O) groups is 3. The Morgan fingerprint density at radius 2 is 1.94 bits per heavy atom. The number of ether oxygens (including phenoxy) is 1. The van der Waals surface area contributed by atoms with Gasteiger partial charge in [-0.1, -0.05) is 18.2 Å². The first-order chi connectivity index (χ1) is 16.5. The van der Waals surface area contributed by atoms with E-state index in [0.717, 1.165) is 16.5 Å². The molecule has 0 radical (unpaired) electrons. The monoisotopic (exact) mass is 459 g/mol. The fourth-order valence-electron chi connectivity index (χ4n) is 3.72. The molecule has 0 saturated heterocycles. The summed E-state index contributed by atoms with van der Waals surface area (Å²) < 4.78 is 6.32. The van der Waals surface area contributed by atoms with E-state index in [2.05, 4.69) is 20.7 Å². The lowest BCUT2D eigenvalue weighted by molar-refractivity contribution is -0.121. The van der Waals surface area contributed by atoms with Crippen LogP contribution in [0.5, 0.6) is 0 Å². The molecule has 34 heavy (non-hydrogen) atoms. The Balaban J connectivity index is 1.38. The van der Waals surface area contributed by atoms with E-state index in [1.165, 1.54) is 17.9 Å². The van der Waals surface area contributed by atoms with Gasteiger partial charge in [0.15, 0.2) is 0 Å². The zero-order valence-corrected chi connectivity index (χ0v) is 18.7. The van der Waals surface area contributed by atoms with Crippen LogP contribution in [0.15, 0.2) is 67.1 Å². The maximum absolute atomic E-state index is 12.5. The van der Waals surface area contributed by atoms with E-state index in [1.54, 1.807) is 30.6 Å². The Bertz CT molecular complexity index is 1310. The van der Waals surface area contributed by atoms with Crippen LogP contribution in [0.4, 0.5) is 5.69 Å². The summed E-state index contributed by atoms with van der Waals surface area (Å²) in [5.41, 5.74) is 3.50. The van der Waals surface area contributed by atoms with Crippen molar-refractivity contribution in [2.24, 2.45) is 0 Å². The number of rotatable bonds is 9. The van der Waals surface area contributed by atoms with Crippen molar-refractivity contribution < 1.29 is 19.1 Å². The number of amides is 2. The number of anilines is 1. The minimum absolute atomic E-state index is 0.0371. The van der Waals surface area contributed by atoms with E-state index in [1.807, 2.05) is 30.5 Å². The summed E-state index contributed by atoms with van der Waals surface area (Å²) in [4.78, 5) is 40.1. The molecule has 4 rings (SSSR count). The highest BCUT2D eigenvalue weighted by atomic mass is 16.5. The number of aromatic nitrogens is 3. The normalized spacial score (nSPS) is 10.7. The van der Waals surface area contributed by atoms with Crippen LogP contribution in [0.25, 0.3) is 10.9 Å². The second-order valence-electron chi connectivity index (χ2n) is 7.80. The van der Waals surface area contributed by atoms with E-state index in [4.69, 9.17) is 4.74 Å². The predicted octanol–water partition coefficient (Wildman–Crippen LogP) is 3.04. The highest BCUT2D eigenvalue weighted by Crippen LogP contribution is 2.19. The molecule has 0 fully saturated rings. The molecule has 0 bridgehead atoms. The van der Waals surface area contributed by atoms with Crippen molar-refractivity contribution in [1.82, 2.24) is 20.1 Å². The number of hydrogen-bond acceptors (Lipinski definition) is 5. The molecule has 0 aliphatic rings. The number of methoxy groups -OCH3 is 1. The van der Waals surface area contributed by atoms with Gasteiger partial charge in [-0.25, -0.2) is 4.79 Å². The molecular formula is C25H25N5O4. The Morgan fingerprint density at radius 3 is 2.74 bits per heavy atom. The van der Waals surface area contributed by atoms with Gasteiger partial charge in [-0.05, 0) is 47.9 Å². The first kappa shape index (κ1) is 22.8. The minimum Gasteiger partial charge on any atom is -0.465 e. The van der Waals surface area contributed by atoms with Gasteiger partial charge in [-0.2, -0.15) is 5.10 Å². The molecule has 2 aromatic heterocycles. The van der Waals surface area contributed by atoms with Crippen LogP contribution in [-0.4, -0.2) is 39.7 Å². The van der Waals surface area contributed by atoms with Gasteiger partial charge in [-0.3, -0.25) is 14.3 Å². The fourth-order valence-corrected chi connectivity index (χ4v) is 3.72. The lowest BCUT2D eigenvalue weighted by Crippen LogP contribution is -2.23. The highest BCUT2D eigenvalue weighted by Gasteiger charge is 2.13. The lowest BCUT2D eigenvalue weighted by Gasteiger charge is -2.11. The number of carbonyl (C=O) groups excluding carboxylic acids is 3. The molecule has 4 aromatic rings. The zero-order valence-electron chi connectivity index (χ0n) is 18.7. The summed E-state index contributed by atoms with van der Waals surface area (Å²) in [6.07, 6.45) is 6.13. The summed E-state index contributed by atoms with van der Waals surface area (Å²) >= 11 is 0. The van der Waals surface area contributed by atoms with Gasteiger partial charge >= 0.3 is 5.97 Å². The number of para-hydroxylation sites is 1. The third-order valence-electron chi connectivity index (χ3n) is 5.35. The maximum atomic E-state index is 12.5. The number of fused-ring (bicyclic) bond motifs is 1. The molecule has 2 heterocycles. The topological polar surface area (TPSA) is 118 Å². The first-order valence-corrected chi connectivity index (χ1v) is 10.8. The van der Waals surface area contributed by atoms with Crippen molar-refractivity contribution >= 4 is 34.4 Å². The molecule has 0 aliphatic carbocycles. The van der Waals surface area contributed by atoms with Crippen molar-refractivity contribution in [2.75, 3.05) is 12.4 Å². The molecule has 0 saturated carbocycles.